The Labute approximate surface area is 98.0 Å². The molecule has 4 bridgehead atoms. The molecule has 5 unspecified atom stereocenters. The predicted octanol–water partition coefficient (Wildman–Crippen LogP) is 2.40. The van der Waals surface area contributed by atoms with E-state index >= 15 is 0 Å². The van der Waals surface area contributed by atoms with Crippen LogP contribution in [0.5, 0.6) is 0 Å². The van der Waals surface area contributed by atoms with Crippen molar-refractivity contribution in [2.75, 3.05) is 0 Å². The Morgan fingerprint density at radius 1 is 1.41 bits per heavy atom. The van der Waals surface area contributed by atoms with Crippen LogP contribution in [0.15, 0.2) is 12.7 Å². The molecule has 0 aromatic rings. The Hall–Kier alpha value is -0.930. The van der Waals surface area contributed by atoms with Crippen LogP contribution in [0.3, 0.4) is 0 Å². The van der Waals surface area contributed by atoms with Gasteiger partial charge in [-0.25, -0.2) is 8.78 Å². The van der Waals surface area contributed by atoms with Gasteiger partial charge in [0.15, 0.2) is 5.60 Å². The molecule has 2 nitrogen and oxygen atoms in total. The molecule has 5 aliphatic rings. The molecule has 0 aromatic carbocycles. The minimum atomic E-state index is -2.93. The van der Waals surface area contributed by atoms with E-state index in [1.807, 2.05) is 0 Å². The number of alkyl halides is 2. The minimum Gasteiger partial charge on any atom is -0.448 e. The zero-order valence-electron chi connectivity index (χ0n) is 9.36. The third kappa shape index (κ3) is 0.790. The van der Waals surface area contributed by atoms with Crippen molar-refractivity contribution in [2.24, 2.45) is 29.6 Å². The molecular formula is C13H14F2O2. The topological polar surface area (TPSA) is 26.3 Å². The molecular weight excluding hydrogens is 226 g/mol. The van der Waals surface area contributed by atoms with Gasteiger partial charge >= 0.3 is 5.97 Å². The standard InChI is InChI=1S/C13H14F2O2/c1-2-12-10-7-4-3-6(9(10)11(16)17-12)5-8(7)13(12,14)15/h2,6-10H,1,3-5H2/t6?,7?,8?,9?,10?,12-/m0/s1. The first-order valence-electron chi connectivity index (χ1n) is 6.27. The lowest BCUT2D eigenvalue weighted by molar-refractivity contribution is -0.193. The largest absolute Gasteiger partial charge is 0.448 e. The Morgan fingerprint density at radius 2 is 2.18 bits per heavy atom. The van der Waals surface area contributed by atoms with Crippen LogP contribution in [0.25, 0.3) is 0 Å². The molecule has 1 heterocycles. The van der Waals surface area contributed by atoms with Crippen LogP contribution in [-0.4, -0.2) is 17.5 Å². The minimum absolute atomic E-state index is 0.0514. The van der Waals surface area contributed by atoms with Crippen molar-refractivity contribution in [1.29, 1.82) is 0 Å². The van der Waals surface area contributed by atoms with Gasteiger partial charge in [-0.3, -0.25) is 4.79 Å². The zero-order chi connectivity index (χ0) is 12.0. The quantitative estimate of drug-likeness (QED) is 0.519. The first-order chi connectivity index (χ1) is 8.03. The molecule has 1 aliphatic heterocycles. The van der Waals surface area contributed by atoms with Gasteiger partial charge in [0.2, 0.25) is 0 Å². The van der Waals surface area contributed by atoms with Crippen LogP contribution in [0, 0.1) is 29.6 Å². The van der Waals surface area contributed by atoms with E-state index in [9.17, 15) is 13.6 Å². The second kappa shape index (κ2) is 2.57. The van der Waals surface area contributed by atoms with Gasteiger partial charge in [-0.05, 0) is 37.2 Å². The third-order valence-electron chi connectivity index (χ3n) is 5.63. The Balaban J connectivity index is 1.97. The van der Waals surface area contributed by atoms with Crippen LogP contribution < -0.4 is 0 Å². The van der Waals surface area contributed by atoms with Gasteiger partial charge in [0.1, 0.15) is 0 Å². The second-order valence-corrected chi connectivity index (χ2v) is 5.94. The van der Waals surface area contributed by atoms with E-state index in [2.05, 4.69) is 6.58 Å². The fraction of sp³-hybridized carbons (Fsp3) is 0.769. The summed E-state index contributed by atoms with van der Waals surface area (Å²) in [6, 6.07) is 0. The Morgan fingerprint density at radius 3 is 2.88 bits per heavy atom. The number of fused-ring (bicyclic) bond motifs is 1. The van der Waals surface area contributed by atoms with E-state index in [0.717, 1.165) is 12.8 Å². The van der Waals surface area contributed by atoms with E-state index < -0.39 is 23.4 Å². The highest BCUT2D eigenvalue weighted by Gasteiger charge is 2.82. The van der Waals surface area contributed by atoms with Crippen molar-refractivity contribution in [3.05, 3.63) is 12.7 Å². The fourth-order valence-electron chi connectivity index (χ4n) is 5.08. The van der Waals surface area contributed by atoms with Gasteiger partial charge in [-0.15, -0.1) is 0 Å². The first kappa shape index (κ1) is 10.0. The summed E-state index contributed by atoms with van der Waals surface area (Å²) in [5.41, 5.74) is -1.70. The number of carbonyl (C=O) groups is 1. The monoisotopic (exact) mass is 240 g/mol. The molecule has 5 rings (SSSR count). The van der Waals surface area contributed by atoms with Crippen molar-refractivity contribution in [3.8, 4) is 0 Å². The van der Waals surface area contributed by atoms with Gasteiger partial charge in [0.05, 0.1) is 5.92 Å². The predicted molar refractivity (Wildman–Crippen MR) is 55.3 cm³/mol. The molecule has 0 amide bonds. The molecule has 92 valence electrons. The van der Waals surface area contributed by atoms with Crippen molar-refractivity contribution in [3.63, 3.8) is 0 Å². The van der Waals surface area contributed by atoms with Crippen molar-refractivity contribution < 1.29 is 18.3 Å². The molecule has 0 radical (unpaired) electrons. The van der Waals surface area contributed by atoms with Crippen molar-refractivity contribution >= 4 is 5.97 Å². The average Bonchev–Trinajstić information content (AvgIpc) is 2.72. The van der Waals surface area contributed by atoms with E-state index in [1.54, 1.807) is 0 Å². The summed E-state index contributed by atoms with van der Waals surface area (Å²) in [6.07, 6.45) is 3.42. The lowest BCUT2D eigenvalue weighted by atomic mass is 9.58. The Kier molecular flexibility index (Phi) is 1.52. The molecule has 17 heavy (non-hydrogen) atoms. The van der Waals surface area contributed by atoms with Crippen LogP contribution in [0.1, 0.15) is 19.3 Å². The van der Waals surface area contributed by atoms with E-state index in [1.165, 1.54) is 6.08 Å². The van der Waals surface area contributed by atoms with Gasteiger partial charge in [0.25, 0.3) is 5.92 Å². The number of carbonyl (C=O) groups excluding carboxylic acids is 1. The normalized spacial score (nSPS) is 57.1. The highest BCUT2D eigenvalue weighted by Crippen LogP contribution is 2.72. The van der Waals surface area contributed by atoms with Gasteiger partial charge in [-0.2, -0.15) is 0 Å². The lowest BCUT2D eigenvalue weighted by Gasteiger charge is -2.44. The van der Waals surface area contributed by atoms with Crippen LogP contribution >= 0.6 is 0 Å². The summed E-state index contributed by atoms with van der Waals surface area (Å²) in [7, 11) is 0. The van der Waals surface area contributed by atoms with E-state index in [0.29, 0.717) is 6.42 Å². The molecule has 1 saturated heterocycles. The van der Waals surface area contributed by atoms with Gasteiger partial charge < -0.3 is 4.74 Å². The Bertz CT molecular complexity index is 433. The van der Waals surface area contributed by atoms with E-state index in [4.69, 9.17) is 4.74 Å². The highest BCUT2D eigenvalue weighted by molar-refractivity contribution is 5.78. The molecule has 6 atom stereocenters. The molecule has 0 spiro atoms. The molecule has 0 N–H and O–H groups in total. The summed E-state index contributed by atoms with van der Waals surface area (Å²) in [5.74, 6) is -4.50. The summed E-state index contributed by atoms with van der Waals surface area (Å²) < 4.78 is 34.2. The zero-order valence-corrected chi connectivity index (χ0v) is 9.36. The maximum atomic E-state index is 14.5. The lowest BCUT2D eigenvalue weighted by Crippen LogP contribution is -2.48. The maximum Gasteiger partial charge on any atom is 0.310 e. The summed E-state index contributed by atoms with van der Waals surface area (Å²) in [5, 5.41) is 0. The molecule has 5 fully saturated rings. The van der Waals surface area contributed by atoms with Crippen LogP contribution in [0.4, 0.5) is 8.78 Å². The van der Waals surface area contributed by atoms with E-state index in [-0.39, 0.29) is 23.7 Å². The maximum absolute atomic E-state index is 14.5. The number of esters is 1. The number of rotatable bonds is 1. The summed E-state index contributed by atoms with van der Waals surface area (Å²) >= 11 is 0. The molecule has 4 heteroatoms. The SMILES string of the molecule is C=C[C@@]12OC(=O)C3C4CCC(C(C4)C1(F)F)C32. The third-order valence-corrected chi connectivity index (χ3v) is 5.63. The van der Waals surface area contributed by atoms with Gasteiger partial charge in [-0.1, -0.05) is 6.58 Å². The first-order valence-corrected chi connectivity index (χ1v) is 6.27. The summed E-state index contributed by atoms with van der Waals surface area (Å²) in [6.45, 7) is 3.53. The number of halogens is 2. The van der Waals surface area contributed by atoms with Crippen LogP contribution in [-0.2, 0) is 9.53 Å². The second-order valence-electron chi connectivity index (χ2n) is 5.94. The summed E-state index contributed by atoms with van der Waals surface area (Å²) in [4.78, 5) is 11.9. The van der Waals surface area contributed by atoms with Crippen LogP contribution in [0.2, 0.25) is 0 Å². The van der Waals surface area contributed by atoms with Crippen molar-refractivity contribution in [2.45, 2.75) is 30.8 Å². The number of ether oxygens (including phenoxy) is 1. The number of hydrogen-bond donors (Lipinski definition) is 0. The molecule has 4 aliphatic carbocycles. The number of hydrogen-bond acceptors (Lipinski definition) is 2. The van der Waals surface area contributed by atoms with Crippen molar-refractivity contribution in [1.82, 2.24) is 0 Å². The smallest absolute Gasteiger partial charge is 0.310 e. The fourth-order valence-corrected chi connectivity index (χ4v) is 5.08. The highest BCUT2D eigenvalue weighted by atomic mass is 19.3. The molecule has 0 aromatic heterocycles. The molecule has 4 saturated carbocycles. The van der Waals surface area contributed by atoms with Gasteiger partial charge in [0, 0.05) is 11.8 Å². The average molecular weight is 240 g/mol.